The largest absolute Gasteiger partial charge is 0.474 e. The Morgan fingerprint density at radius 1 is 1.24 bits per heavy atom. The summed E-state index contributed by atoms with van der Waals surface area (Å²) in [5.74, 6) is 0.705. The summed E-state index contributed by atoms with van der Waals surface area (Å²) in [6.07, 6.45) is 4.04. The molecule has 132 valence electrons. The molecule has 0 aliphatic carbocycles. The molecule has 2 aromatic rings. The fourth-order valence-electron chi connectivity index (χ4n) is 3.51. The fourth-order valence-corrected chi connectivity index (χ4v) is 3.51. The van der Waals surface area contributed by atoms with Crippen LogP contribution in [0.3, 0.4) is 0 Å². The number of nitrogens with zero attached hydrogens (tertiary/aromatic N) is 4. The van der Waals surface area contributed by atoms with E-state index in [0.29, 0.717) is 18.0 Å². The maximum atomic E-state index is 11.8. The molecule has 0 amide bonds. The fraction of sp³-hybridized carbons (Fsp3) is 0.500. The van der Waals surface area contributed by atoms with Gasteiger partial charge in [0, 0.05) is 31.3 Å². The van der Waals surface area contributed by atoms with E-state index in [1.807, 2.05) is 13.0 Å². The summed E-state index contributed by atoms with van der Waals surface area (Å²) in [6, 6.07) is 4.05. The van der Waals surface area contributed by atoms with Crippen molar-refractivity contribution in [2.75, 3.05) is 25.0 Å². The molecule has 2 aliphatic heterocycles. The van der Waals surface area contributed by atoms with Gasteiger partial charge in [-0.2, -0.15) is 5.10 Å². The molecule has 25 heavy (non-hydrogen) atoms. The van der Waals surface area contributed by atoms with E-state index >= 15 is 0 Å². The highest BCUT2D eigenvalue weighted by atomic mass is 16.5. The number of pyridine rings is 1. The van der Waals surface area contributed by atoms with E-state index in [1.54, 1.807) is 6.20 Å². The molecular weight excluding hydrogens is 318 g/mol. The summed E-state index contributed by atoms with van der Waals surface area (Å²) in [6.45, 7) is 5.37. The molecule has 2 aliphatic rings. The molecule has 1 N–H and O–H groups in total. The quantitative estimate of drug-likeness (QED) is 0.911. The van der Waals surface area contributed by atoms with E-state index in [2.05, 4.69) is 33.1 Å². The molecule has 2 aromatic heterocycles. The first-order valence-corrected chi connectivity index (χ1v) is 8.73. The third kappa shape index (κ3) is 3.24. The Kier molecular flexibility index (Phi) is 4.17. The summed E-state index contributed by atoms with van der Waals surface area (Å²) >= 11 is 0. The lowest BCUT2D eigenvalue weighted by Gasteiger charge is -2.29. The average molecular weight is 341 g/mol. The Hall–Kier alpha value is -2.41. The zero-order valence-corrected chi connectivity index (χ0v) is 14.7. The van der Waals surface area contributed by atoms with Crippen molar-refractivity contribution in [3.05, 3.63) is 45.5 Å². The minimum Gasteiger partial charge on any atom is -0.474 e. The number of fused-ring (bicyclic) bond motifs is 1. The van der Waals surface area contributed by atoms with Gasteiger partial charge in [0.15, 0.2) is 0 Å². The van der Waals surface area contributed by atoms with Crippen LogP contribution in [0.2, 0.25) is 0 Å². The van der Waals surface area contributed by atoms with Gasteiger partial charge in [0.25, 0.3) is 5.56 Å². The molecule has 7 nitrogen and oxygen atoms in total. The summed E-state index contributed by atoms with van der Waals surface area (Å²) in [5, 5.41) is 6.40. The number of piperidine rings is 1. The number of H-pyrrole nitrogens is 1. The van der Waals surface area contributed by atoms with Crippen molar-refractivity contribution in [2.24, 2.45) is 0 Å². The lowest BCUT2D eigenvalue weighted by molar-refractivity contribution is 0.110. The van der Waals surface area contributed by atoms with Crippen LogP contribution in [0.25, 0.3) is 0 Å². The maximum Gasteiger partial charge on any atom is 0.269 e. The third-order valence-electron chi connectivity index (χ3n) is 5.12. The summed E-state index contributed by atoms with van der Waals surface area (Å²) in [5.41, 5.74) is 3.60. The minimum absolute atomic E-state index is 0.146. The second-order valence-electron chi connectivity index (χ2n) is 6.94. The highest BCUT2D eigenvalue weighted by molar-refractivity contribution is 5.53. The molecule has 1 saturated heterocycles. The van der Waals surface area contributed by atoms with Crippen LogP contribution in [0, 0.1) is 6.92 Å². The molecule has 7 heteroatoms. The predicted octanol–water partition coefficient (Wildman–Crippen LogP) is 1.47. The van der Waals surface area contributed by atoms with Crippen LogP contribution >= 0.6 is 0 Å². The van der Waals surface area contributed by atoms with Crippen molar-refractivity contribution in [1.82, 2.24) is 20.1 Å². The van der Waals surface area contributed by atoms with Crippen LogP contribution in [-0.4, -0.2) is 46.3 Å². The first-order valence-electron chi connectivity index (χ1n) is 8.73. The molecule has 0 spiro atoms. The van der Waals surface area contributed by atoms with Crippen molar-refractivity contribution < 1.29 is 4.74 Å². The standard InChI is InChI=1S/C18H23N5O2/c1-12-16(9-19-21-18(12)24)23-10-13-3-4-17(20-15(13)11-23)25-14-5-7-22(2)8-6-14/h3-4,9,14H,5-8,10-11H2,1-2H3,(H,21,24). The molecule has 1 fully saturated rings. The number of likely N-dealkylation sites (tertiary alicyclic amines) is 1. The molecule has 0 atom stereocenters. The van der Waals surface area contributed by atoms with Crippen LogP contribution < -0.4 is 15.2 Å². The van der Waals surface area contributed by atoms with Crippen molar-refractivity contribution in [3.8, 4) is 5.88 Å². The average Bonchev–Trinajstić information content (AvgIpc) is 3.02. The lowest BCUT2D eigenvalue weighted by atomic mass is 10.1. The molecule has 0 unspecified atom stereocenters. The Bertz CT molecular complexity index is 826. The summed E-state index contributed by atoms with van der Waals surface area (Å²) in [7, 11) is 2.14. The van der Waals surface area contributed by atoms with Gasteiger partial charge in [0.05, 0.1) is 24.1 Å². The Labute approximate surface area is 146 Å². The van der Waals surface area contributed by atoms with E-state index in [0.717, 1.165) is 43.9 Å². The third-order valence-corrected chi connectivity index (χ3v) is 5.12. The topological polar surface area (TPSA) is 74.3 Å². The van der Waals surface area contributed by atoms with E-state index in [9.17, 15) is 4.79 Å². The number of hydrogen-bond donors (Lipinski definition) is 1. The number of ether oxygens (including phenoxy) is 1. The number of rotatable bonds is 3. The molecule has 0 saturated carbocycles. The van der Waals surface area contributed by atoms with Crippen molar-refractivity contribution in [2.45, 2.75) is 39.0 Å². The van der Waals surface area contributed by atoms with Crippen LogP contribution in [-0.2, 0) is 13.1 Å². The number of nitrogens with one attached hydrogen (secondary N) is 1. The summed E-state index contributed by atoms with van der Waals surface area (Å²) in [4.78, 5) is 21.0. The monoisotopic (exact) mass is 341 g/mol. The van der Waals surface area contributed by atoms with Gasteiger partial charge >= 0.3 is 0 Å². The van der Waals surface area contributed by atoms with Crippen LogP contribution in [0.15, 0.2) is 23.1 Å². The minimum atomic E-state index is -0.146. The van der Waals surface area contributed by atoms with Gasteiger partial charge in [-0.1, -0.05) is 0 Å². The molecular formula is C18H23N5O2. The highest BCUT2D eigenvalue weighted by Gasteiger charge is 2.24. The van der Waals surface area contributed by atoms with Gasteiger partial charge in [0.2, 0.25) is 5.88 Å². The van der Waals surface area contributed by atoms with Gasteiger partial charge < -0.3 is 14.5 Å². The lowest BCUT2D eigenvalue weighted by Crippen LogP contribution is -2.35. The molecule has 0 radical (unpaired) electrons. The molecule has 4 rings (SSSR count). The van der Waals surface area contributed by atoms with Crippen molar-refractivity contribution >= 4 is 5.69 Å². The number of aromatic amines is 1. The second kappa shape index (κ2) is 6.48. The summed E-state index contributed by atoms with van der Waals surface area (Å²) < 4.78 is 6.09. The Morgan fingerprint density at radius 3 is 2.84 bits per heavy atom. The second-order valence-corrected chi connectivity index (χ2v) is 6.94. The van der Waals surface area contributed by atoms with E-state index < -0.39 is 0 Å². The van der Waals surface area contributed by atoms with E-state index in [-0.39, 0.29) is 11.7 Å². The highest BCUT2D eigenvalue weighted by Crippen LogP contribution is 2.29. The maximum absolute atomic E-state index is 11.8. The van der Waals surface area contributed by atoms with E-state index in [4.69, 9.17) is 9.72 Å². The predicted molar refractivity (Wildman–Crippen MR) is 94.9 cm³/mol. The molecule has 4 heterocycles. The number of hydrogen-bond acceptors (Lipinski definition) is 6. The van der Waals surface area contributed by atoms with Crippen LogP contribution in [0.4, 0.5) is 5.69 Å². The molecule has 0 aromatic carbocycles. The molecule has 0 bridgehead atoms. The normalized spacial score (nSPS) is 18.4. The Morgan fingerprint density at radius 2 is 2.04 bits per heavy atom. The van der Waals surface area contributed by atoms with Gasteiger partial charge in [-0.15, -0.1) is 0 Å². The van der Waals surface area contributed by atoms with Gasteiger partial charge in [-0.3, -0.25) is 4.79 Å². The first kappa shape index (κ1) is 16.1. The smallest absolute Gasteiger partial charge is 0.269 e. The van der Waals surface area contributed by atoms with Gasteiger partial charge in [-0.05, 0) is 38.4 Å². The van der Waals surface area contributed by atoms with Crippen LogP contribution in [0.5, 0.6) is 5.88 Å². The van der Waals surface area contributed by atoms with Crippen molar-refractivity contribution in [3.63, 3.8) is 0 Å². The Balaban J connectivity index is 1.49. The van der Waals surface area contributed by atoms with Gasteiger partial charge in [0.1, 0.15) is 6.10 Å². The van der Waals surface area contributed by atoms with E-state index in [1.165, 1.54) is 5.56 Å². The van der Waals surface area contributed by atoms with Gasteiger partial charge in [-0.25, -0.2) is 10.1 Å². The zero-order chi connectivity index (χ0) is 17.4. The van der Waals surface area contributed by atoms with Crippen molar-refractivity contribution in [1.29, 1.82) is 0 Å². The SMILES string of the molecule is Cc1c(N2Cc3ccc(OC4CCN(C)CC4)nc3C2)cn[nH]c1=O. The van der Waals surface area contributed by atoms with Crippen LogP contribution in [0.1, 0.15) is 29.7 Å². The number of anilines is 1. The number of aromatic nitrogens is 3. The zero-order valence-electron chi connectivity index (χ0n) is 14.7. The first-order chi connectivity index (χ1) is 12.1.